The molecule has 7 rings (SSSR count). The van der Waals surface area contributed by atoms with Gasteiger partial charge < -0.3 is 26.2 Å². The number of amides is 1. The van der Waals surface area contributed by atoms with E-state index in [0.29, 0.717) is 5.56 Å². The lowest BCUT2D eigenvalue weighted by atomic mass is 9.57. The van der Waals surface area contributed by atoms with Gasteiger partial charge in [0.2, 0.25) is 5.78 Å². The molecule has 6 N–H and O–H groups in total. The van der Waals surface area contributed by atoms with Crippen molar-refractivity contribution in [2.45, 2.75) is 43.9 Å². The molecule has 10 heteroatoms. The van der Waals surface area contributed by atoms with Crippen LogP contribution in [0.1, 0.15) is 36.0 Å². The van der Waals surface area contributed by atoms with E-state index in [1.54, 1.807) is 14.1 Å². The summed E-state index contributed by atoms with van der Waals surface area (Å²) in [6.07, 6.45) is 2.66. The molecular weight excluding hydrogens is 586 g/mol. The molecule has 46 heavy (non-hydrogen) atoms. The van der Waals surface area contributed by atoms with Crippen molar-refractivity contribution in [3.05, 3.63) is 82.1 Å². The Kier molecular flexibility index (Phi) is 7.08. The number of nitrogens with zero attached hydrogens (tertiary/aromatic N) is 2. The Morgan fingerprint density at radius 1 is 0.978 bits per heavy atom. The largest absolute Gasteiger partial charge is 0.508 e. The zero-order valence-electron chi connectivity index (χ0n) is 25.8. The van der Waals surface area contributed by atoms with Crippen molar-refractivity contribution in [1.82, 2.24) is 9.80 Å². The average Bonchev–Trinajstić information content (AvgIpc) is 3.52. The highest BCUT2D eigenvalue weighted by atomic mass is 16.3. The van der Waals surface area contributed by atoms with Crippen LogP contribution < -0.4 is 5.73 Å². The number of hydrogen-bond donors (Lipinski definition) is 5. The van der Waals surface area contributed by atoms with Crippen molar-refractivity contribution < 1.29 is 34.8 Å². The number of Topliss-reactive ketones (excluding diaryl/α,β-unsaturated/α-hetero) is 2. The number of primary amides is 1. The minimum atomic E-state index is -2.67. The topological polar surface area (TPSA) is 165 Å². The molecule has 2 fully saturated rings. The number of ketones is 2. The van der Waals surface area contributed by atoms with Crippen LogP contribution >= 0.6 is 0 Å². The number of phenols is 1. The van der Waals surface area contributed by atoms with E-state index < -0.39 is 58.0 Å². The van der Waals surface area contributed by atoms with Crippen LogP contribution in [0.4, 0.5) is 0 Å². The van der Waals surface area contributed by atoms with Gasteiger partial charge in [0.15, 0.2) is 11.4 Å². The second kappa shape index (κ2) is 10.8. The Hall–Kier alpha value is -4.51. The number of aliphatic hydroxyl groups is 3. The lowest BCUT2D eigenvalue weighted by Gasteiger charge is -2.50. The normalized spacial score (nSPS) is 26.5. The number of hydrogen-bond acceptors (Lipinski definition) is 9. The third kappa shape index (κ3) is 4.24. The number of aliphatic hydroxyl groups excluding tert-OH is 2. The number of carbonyl (C=O) groups excluding carboxylic acids is 3. The lowest BCUT2D eigenvalue weighted by molar-refractivity contribution is -0.153. The Bertz CT molecular complexity index is 1900. The predicted molar refractivity (Wildman–Crippen MR) is 172 cm³/mol. The first-order chi connectivity index (χ1) is 21.9. The summed E-state index contributed by atoms with van der Waals surface area (Å²) in [6.45, 7) is 2.99. The Labute approximate surface area is 266 Å². The van der Waals surface area contributed by atoms with Gasteiger partial charge in [0.25, 0.3) is 5.91 Å². The van der Waals surface area contributed by atoms with Crippen molar-refractivity contribution in [2.24, 2.45) is 17.6 Å². The molecule has 4 atom stereocenters. The summed E-state index contributed by atoms with van der Waals surface area (Å²) in [5.41, 5.74) is 5.42. The summed E-state index contributed by atoms with van der Waals surface area (Å²) in [6, 6.07) is 14.5. The third-order valence-electron chi connectivity index (χ3n) is 10.5. The van der Waals surface area contributed by atoms with Gasteiger partial charge in [-0.05, 0) is 97.9 Å². The van der Waals surface area contributed by atoms with E-state index in [9.17, 15) is 34.8 Å². The number of carbonyl (C=O) groups is 3. The maximum Gasteiger partial charge on any atom is 0.255 e. The van der Waals surface area contributed by atoms with Crippen LogP contribution in [0.5, 0.6) is 5.75 Å². The van der Waals surface area contributed by atoms with E-state index in [4.69, 9.17) is 5.73 Å². The van der Waals surface area contributed by atoms with Gasteiger partial charge in [-0.1, -0.05) is 42.5 Å². The highest BCUT2D eigenvalue weighted by Crippen LogP contribution is 2.54. The molecule has 10 nitrogen and oxygen atoms in total. The van der Waals surface area contributed by atoms with Crippen LogP contribution in [0.2, 0.25) is 0 Å². The van der Waals surface area contributed by atoms with Crippen molar-refractivity contribution in [3.63, 3.8) is 0 Å². The number of nitrogens with two attached hydrogens (primary N) is 1. The molecule has 1 saturated carbocycles. The first kappa shape index (κ1) is 30.2. The second-order valence-corrected chi connectivity index (χ2v) is 13.2. The van der Waals surface area contributed by atoms with Gasteiger partial charge >= 0.3 is 0 Å². The van der Waals surface area contributed by atoms with Crippen LogP contribution in [0.25, 0.3) is 27.7 Å². The van der Waals surface area contributed by atoms with Crippen molar-refractivity contribution in [1.29, 1.82) is 0 Å². The average molecular weight is 624 g/mol. The summed E-state index contributed by atoms with van der Waals surface area (Å²) in [5.74, 6) is -6.65. The summed E-state index contributed by atoms with van der Waals surface area (Å²) in [7, 11) is 3.17. The first-order valence-electron chi connectivity index (χ1n) is 15.7. The molecule has 1 amide bonds. The molecule has 0 spiro atoms. The maximum absolute atomic E-state index is 14.2. The van der Waals surface area contributed by atoms with Gasteiger partial charge in [-0.25, -0.2) is 0 Å². The number of aromatic hydroxyl groups is 1. The minimum Gasteiger partial charge on any atom is -0.508 e. The SMILES string of the molecule is CN(C)C1C(=O)C(C(N)=O)=C(O)C2(O)C(=O)C3=C(O)c4c(O)ccc(-c5ccc(CN6CCCC6)c6ccccc56)c4C[C@H]3C[C@@H]12. The van der Waals surface area contributed by atoms with Crippen LogP contribution in [-0.2, 0) is 27.3 Å². The molecule has 0 aromatic heterocycles. The zero-order valence-corrected chi connectivity index (χ0v) is 25.8. The highest BCUT2D eigenvalue weighted by Gasteiger charge is 2.64. The fourth-order valence-corrected chi connectivity index (χ4v) is 8.41. The van der Waals surface area contributed by atoms with Crippen LogP contribution in [0.3, 0.4) is 0 Å². The van der Waals surface area contributed by atoms with E-state index in [0.717, 1.165) is 41.5 Å². The number of rotatable bonds is 5. The van der Waals surface area contributed by atoms with Crippen molar-refractivity contribution >= 4 is 34.0 Å². The molecule has 1 saturated heterocycles. The molecule has 3 aliphatic carbocycles. The lowest BCUT2D eigenvalue weighted by Crippen LogP contribution is -2.65. The summed E-state index contributed by atoms with van der Waals surface area (Å²) in [4.78, 5) is 43.8. The van der Waals surface area contributed by atoms with E-state index >= 15 is 0 Å². The van der Waals surface area contributed by atoms with Crippen molar-refractivity contribution in [2.75, 3.05) is 27.2 Å². The van der Waals surface area contributed by atoms with Gasteiger partial charge in [-0.2, -0.15) is 0 Å². The van der Waals surface area contributed by atoms with E-state index in [1.807, 2.05) is 18.2 Å². The van der Waals surface area contributed by atoms with E-state index in [1.165, 1.54) is 29.4 Å². The van der Waals surface area contributed by atoms with E-state index in [-0.39, 0.29) is 29.7 Å². The fourth-order valence-electron chi connectivity index (χ4n) is 8.41. The standard InChI is InChI=1S/C36H37N3O7/c1-38(2)30-25-16-19-15-24-23(22-10-9-18(17-39-13-5-6-14-39)20-7-3-4-8-21(20)22)11-12-26(40)28(24)31(41)27(19)33(43)36(25,46)34(44)29(32(30)42)35(37)45/h3-4,7-12,19,25,30,40-41,44,46H,5-6,13-17H2,1-2H3,(H2,37,45)/t19-,25-,30?,36?/m0/s1. The third-order valence-corrected chi connectivity index (χ3v) is 10.5. The quantitative estimate of drug-likeness (QED) is 0.268. The van der Waals surface area contributed by atoms with Gasteiger partial charge in [-0.3, -0.25) is 24.2 Å². The molecule has 3 aromatic rings. The fraction of sp³-hybridized carbons (Fsp3) is 0.361. The number of phenolic OH excluding ortho intramolecular Hbond substituents is 1. The highest BCUT2D eigenvalue weighted by molar-refractivity contribution is 6.24. The minimum absolute atomic E-state index is 0.0381. The molecular formula is C36H37N3O7. The number of likely N-dealkylation sites (tertiary alicyclic amines) is 1. The Morgan fingerprint density at radius 3 is 2.33 bits per heavy atom. The van der Waals surface area contributed by atoms with Gasteiger partial charge in [0, 0.05) is 18.0 Å². The smallest absolute Gasteiger partial charge is 0.255 e. The van der Waals surface area contributed by atoms with Gasteiger partial charge in [-0.15, -0.1) is 0 Å². The summed E-state index contributed by atoms with van der Waals surface area (Å²) >= 11 is 0. The molecule has 1 aliphatic heterocycles. The number of likely N-dealkylation sites (N-methyl/N-ethyl adjacent to an activating group) is 1. The summed E-state index contributed by atoms with van der Waals surface area (Å²) in [5, 5.41) is 47.9. The van der Waals surface area contributed by atoms with Gasteiger partial charge in [0.05, 0.1) is 11.6 Å². The van der Waals surface area contributed by atoms with Crippen LogP contribution in [0, 0.1) is 11.8 Å². The first-order valence-corrected chi connectivity index (χ1v) is 15.7. The van der Waals surface area contributed by atoms with Crippen LogP contribution in [0.15, 0.2) is 65.4 Å². The summed E-state index contributed by atoms with van der Waals surface area (Å²) < 4.78 is 0. The molecule has 238 valence electrons. The molecule has 4 aliphatic rings. The van der Waals surface area contributed by atoms with E-state index in [2.05, 4.69) is 29.2 Å². The maximum atomic E-state index is 14.2. The predicted octanol–water partition coefficient (Wildman–Crippen LogP) is 3.38. The molecule has 0 bridgehead atoms. The molecule has 1 heterocycles. The van der Waals surface area contributed by atoms with Gasteiger partial charge in [0.1, 0.15) is 22.8 Å². The van der Waals surface area contributed by atoms with Crippen molar-refractivity contribution in [3.8, 4) is 16.9 Å². The molecule has 3 aromatic carbocycles. The molecule has 0 radical (unpaired) electrons. The second-order valence-electron chi connectivity index (χ2n) is 13.2. The monoisotopic (exact) mass is 623 g/mol. The Balaban J connectivity index is 1.39. The number of benzene rings is 3. The molecule has 2 unspecified atom stereocenters. The Morgan fingerprint density at radius 2 is 1.65 bits per heavy atom. The van der Waals surface area contributed by atoms with Crippen LogP contribution in [-0.4, -0.2) is 86.5 Å². The number of fused-ring (bicyclic) bond motifs is 4. The zero-order chi connectivity index (χ0) is 32.7.